The molecule has 52 heavy (non-hydrogen) atoms. The molecule has 0 radical (unpaired) electrons. The van der Waals surface area contributed by atoms with Crippen LogP contribution in [0.3, 0.4) is 0 Å². The van der Waals surface area contributed by atoms with Crippen molar-refractivity contribution in [2.75, 3.05) is 4.90 Å². The van der Waals surface area contributed by atoms with Gasteiger partial charge in [0, 0.05) is 22.2 Å². The largest absolute Gasteiger partial charge is 0.455 e. The van der Waals surface area contributed by atoms with Crippen LogP contribution in [0.1, 0.15) is 140 Å². The third-order valence-electron chi connectivity index (χ3n) is 16.9. The molecule has 1 aliphatic heterocycles. The summed E-state index contributed by atoms with van der Waals surface area (Å²) in [4.78, 5) is 2.65. The minimum absolute atomic E-state index is 0.0447. The van der Waals surface area contributed by atoms with E-state index in [2.05, 4.69) is 139 Å². The summed E-state index contributed by atoms with van der Waals surface area (Å²) in [5, 5.41) is 0. The first-order valence-electron chi connectivity index (χ1n) is 20.7. The SMILES string of the molecule is CC1(C)CCC(C)(C)c2cc(N(c3cccc4c3Oc3ccccc3C43C4CC5CC6CC3C64C5)c3cccc4c3C(C)(C)CCC4(C)C)ccc21. The summed E-state index contributed by atoms with van der Waals surface area (Å²) >= 11 is 0. The summed E-state index contributed by atoms with van der Waals surface area (Å²) in [5.74, 6) is 5.52. The van der Waals surface area contributed by atoms with Crippen LogP contribution in [-0.4, -0.2) is 0 Å². The Morgan fingerprint density at radius 1 is 0.558 bits per heavy atom. The number of anilines is 3. The molecule has 2 heteroatoms. The van der Waals surface area contributed by atoms with Crippen molar-refractivity contribution in [2.45, 2.75) is 134 Å². The predicted octanol–water partition coefficient (Wildman–Crippen LogP) is 13.3. The highest BCUT2D eigenvalue weighted by Crippen LogP contribution is 2.89. The maximum absolute atomic E-state index is 7.34. The van der Waals surface area contributed by atoms with Crippen molar-refractivity contribution in [1.82, 2.24) is 0 Å². The molecule has 7 aliphatic rings. The van der Waals surface area contributed by atoms with E-state index in [4.69, 9.17) is 4.74 Å². The van der Waals surface area contributed by atoms with Crippen molar-refractivity contribution in [1.29, 1.82) is 0 Å². The van der Waals surface area contributed by atoms with Gasteiger partial charge in [0.05, 0.1) is 11.4 Å². The van der Waals surface area contributed by atoms with E-state index >= 15 is 0 Å². The lowest BCUT2D eigenvalue weighted by atomic mass is 9.26. The minimum Gasteiger partial charge on any atom is -0.455 e. The van der Waals surface area contributed by atoms with Crippen LogP contribution in [-0.2, 0) is 27.1 Å². The molecular formula is C50H57NO. The molecule has 2 nitrogen and oxygen atoms in total. The van der Waals surface area contributed by atoms with Crippen LogP contribution >= 0.6 is 0 Å². The van der Waals surface area contributed by atoms with Gasteiger partial charge in [0.1, 0.15) is 5.75 Å². The summed E-state index contributed by atoms with van der Waals surface area (Å²) in [5.41, 5.74) is 13.8. The molecule has 0 N–H and O–H groups in total. The molecule has 6 aliphatic carbocycles. The van der Waals surface area contributed by atoms with Crippen LogP contribution in [0.15, 0.2) is 78.9 Å². The number of benzene rings is 4. The van der Waals surface area contributed by atoms with Crippen LogP contribution in [0.5, 0.6) is 11.5 Å². The summed E-state index contributed by atoms with van der Waals surface area (Å²) < 4.78 is 7.34. The maximum atomic E-state index is 7.34. The number of hydrogen-bond acceptors (Lipinski definition) is 2. The molecule has 6 unspecified atom stereocenters. The van der Waals surface area contributed by atoms with Gasteiger partial charge in [0.2, 0.25) is 0 Å². The van der Waals surface area contributed by atoms with Gasteiger partial charge in [-0.1, -0.05) is 104 Å². The number of para-hydroxylation sites is 2. The van der Waals surface area contributed by atoms with Crippen LogP contribution in [0, 0.1) is 29.1 Å². The van der Waals surface area contributed by atoms with E-state index in [0.29, 0.717) is 5.41 Å². The van der Waals surface area contributed by atoms with Crippen molar-refractivity contribution in [3.8, 4) is 11.5 Å². The Morgan fingerprint density at radius 3 is 1.96 bits per heavy atom. The highest BCUT2D eigenvalue weighted by Gasteiger charge is 2.84. The van der Waals surface area contributed by atoms with E-state index < -0.39 is 0 Å². The molecule has 6 atom stereocenters. The van der Waals surface area contributed by atoms with Crippen molar-refractivity contribution < 1.29 is 4.74 Å². The Hall–Kier alpha value is -3.52. The number of ether oxygens (including phenoxy) is 1. The standard InChI is InChI=1S/C50H57NO/c1-45(2)21-22-47(5,6)37-28-32(19-20-33(37)45)51(38-16-11-14-35-43(38)48(7,8)24-23-46(35,3)4)39-17-12-15-36-44(39)52-40-18-10-9-13-34(40)50(36)41-26-30-25-31-27-42(50)49(31,41)29-30/h9-20,28,30-31,41-42H,21-27,29H2,1-8H3. The molecule has 1 heterocycles. The Morgan fingerprint density at radius 2 is 1.19 bits per heavy atom. The molecule has 0 saturated heterocycles. The van der Waals surface area contributed by atoms with Gasteiger partial charge in [-0.25, -0.2) is 0 Å². The van der Waals surface area contributed by atoms with Gasteiger partial charge in [-0.2, -0.15) is 0 Å². The molecule has 2 spiro atoms. The topological polar surface area (TPSA) is 12.5 Å². The van der Waals surface area contributed by atoms with E-state index in [1.807, 2.05) is 0 Å². The van der Waals surface area contributed by atoms with Crippen LogP contribution < -0.4 is 9.64 Å². The van der Waals surface area contributed by atoms with E-state index in [9.17, 15) is 0 Å². The molecular weight excluding hydrogens is 631 g/mol. The van der Waals surface area contributed by atoms with Gasteiger partial charge in [-0.15, -0.1) is 0 Å². The lowest BCUT2D eigenvalue weighted by Crippen LogP contribution is -2.74. The second kappa shape index (κ2) is 9.77. The number of rotatable bonds is 3. The lowest BCUT2D eigenvalue weighted by Gasteiger charge is -2.77. The first-order chi connectivity index (χ1) is 24.7. The number of hydrogen-bond donors (Lipinski definition) is 0. The van der Waals surface area contributed by atoms with Crippen LogP contribution in [0.2, 0.25) is 0 Å². The van der Waals surface area contributed by atoms with Gasteiger partial charge in [-0.05, 0) is 155 Å². The predicted molar refractivity (Wildman–Crippen MR) is 214 cm³/mol. The quantitative estimate of drug-likeness (QED) is 0.213. The summed E-state index contributed by atoms with van der Waals surface area (Å²) in [6, 6.07) is 31.1. The molecule has 4 fully saturated rings. The van der Waals surface area contributed by atoms with Gasteiger partial charge >= 0.3 is 0 Å². The lowest BCUT2D eigenvalue weighted by molar-refractivity contribution is -0.235. The van der Waals surface area contributed by atoms with Gasteiger partial charge in [-0.3, -0.25) is 0 Å². The normalized spacial score (nSPS) is 33.7. The zero-order valence-corrected chi connectivity index (χ0v) is 32.8. The molecule has 0 amide bonds. The molecule has 4 aromatic rings. The van der Waals surface area contributed by atoms with Gasteiger partial charge in [0.15, 0.2) is 5.75 Å². The fourth-order valence-electron chi connectivity index (χ4n) is 14.3. The van der Waals surface area contributed by atoms with E-state index in [-0.39, 0.29) is 27.1 Å². The molecule has 0 aromatic heterocycles. The monoisotopic (exact) mass is 687 g/mol. The minimum atomic E-state index is 0.0447. The van der Waals surface area contributed by atoms with Crippen molar-refractivity contribution in [2.24, 2.45) is 29.1 Å². The molecule has 2 bridgehead atoms. The zero-order valence-electron chi connectivity index (χ0n) is 32.8. The first kappa shape index (κ1) is 32.0. The second-order valence-electron chi connectivity index (χ2n) is 21.1. The molecule has 4 saturated carbocycles. The van der Waals surface area contributed by atoms with Gasteiger partial charge in [0.25, 0.3) is 0 Å². The average molecular weight is 688 g/mol. The second-order valence-corrected chi connectivity index (χ2v) is 21.1. The van der Waals surface area contributed by atoms with Crippen LogP contribution in [0.4, 0.5) is 17.1 Å². The van der Waals surface area contributed by atoms with Crippen molar-refractivity contribution >= 4 is 17.1 Å². The third kappa shape index (κ3) is 3.69. The Labute approximate surface area is 312 Å². The Kier molecular flexibility index (Phi) is 6.00. The van der Waals surface area contributed by atoms with Crippen molar-refractivity contribution in [3.05, 3.63) is 112 Å². The molecule has 4 aromatic carbocycles. The highest BCUT2D eigenvalue weighted by atomic mass is 16.5. The first-order valence-corrected chi connectivity index (χ1v) is 20.7. The Balaban J connectivity index is 1.19. The highest BCUT2D eigenvalue weighted by molar-refractivity contribution is 5.86. The summed E-state index contributed by atoms with van der Waals surface area (Å²) in [6.07, 6.45) is 10.5. The molecule has 268 valence electrons. The zero-order chi connectivity index (χ0) is 35.8. The van der Waals surface area contributed by atoms with E-state index in [1.165, 1.54) is 102 Å². The van der Waals surface area contributed by atoms with E-state index in [1.54, 1.807) is 0 Å². The fourth-order valence-corrected chi connectivity index (χ4v) is 14.3. The number of nitrogens with zero attached hydrogens (tertiary/aromatic N) is 1. The van der Waals surface area contributed by atoms with Gasteiger partial charge < -0.3 is 9.64 Å². The van der Waals surface area contributed by atoms with E-state index in [0.717, 1.165) is 35.2 Å². The van der Waals surface area contributed by atoms with Crippen LogP contribution in [0.25, 0.3) is 0 Å². The maximum Gasteiger partial charge on any atom is 0.155 e. The smallest absolute Gasteiger partial charge is 0.155 e. The van der Waals surface area contributed by atoms with Crippen molar-refractivity contribution in [3.63, 3.8) is 0 Å². The fraction of sp³-hybridized carbons (Fsp3) is 0.520. The summed E-state index contributed by atoms with van der Waals surface area (Å²) in [7, 11) is 0. The average Bonchev–Trinajstić information content (AvgIpc) is 3.64. The molecule has 11 rings (SSSR count). The third-order valence-corrected chi connectivity index (χ3v) is 16.9. The Bertz CT molecular complexity index is 2200. The number of fused-ring (bicyclic) bond motifs is 9. The summed E-state index contributed by atoms with van der Waals surface area (Å²) in [6.45, 7) is 19.7.